The molecule has 2 aromatic rings. The van der Waals surface area contributed by atoms with E-state index in [-0.39, 0.29) is 5.69 Å². The molecule has 24 heavy (non-hydrogen) atoms. The van der Waals surface area contributed by atoms with Gasteiger partial charge in [0.2, 0.25) is 0 Å². The van der Waals surface area contributed by atoms with Crippen molar-refractivity contribution in [3.8, 4) is 11.5 Å². The summed E-state index contributed by atoms with van der Waals surface area (Å²) >= 11 is 0. The van der Waals surface area contributed by atoms with Gasteiger partial charge in [-0.3, -0.25) is 14.9 Å². The SMILES string of the molecule is CCOc1cc(C(=O)Nc2ccc(C)c([N+](=O)[O-])c2)ccc1OC. The largest absolute Gasteiger partial charge is 0.493 e. The number of nitro groups is 1. The zero-order valence-electron chi connectivity index (χ0n) is 13.7. The number of hydrogen-bond donors (Lipinski definition) is 1. The normalized spacial score (nSPS) is 10.1. The minimum Gasteiger partial charge on any atom is -0.493 e. The Morgan fingerprint density at radius 3 is 2.58 bits per heavy atom. The molecule has 0 unspecified atom stereocenters. The van der Waals surface area contributed by atoms with Crippen LogP contribution in [0.5, 0.6) is 11.5 Å². The molecule has 1 N–H and O–H groups in total. The topological polar surface area (TPSA) is 90.7 Å². The summed E-state index contributed by atoms with van der Waals surface area (Å²) in [5.41, 5.74) is 1.20. The van der Waals surface area contributed by atoms with Gasteiger partial charge in [0.15, 0.2) is 11.5 Å². The van der Waals surface area contributed by atoms with Gasteiger partial charge in [-0.2, -0.15) is 0 Å². The molecule has 7 nitrogen and oxygen atoms in total. The fraction of sp³-hybridized carbons (Fsp3) is 0.235. The number of anilines is 1. The molecule has 0 aliphatic carbocycles. The molecule has 0 aliphatic rings. The smallest absolute Gasteiger partial charge is 0.274 e. The molecule has 0 saturated heterocycles. The van der Waals surface area contributed by atoms with E-state index in [1.165, 1.54) is 13.2 Å². The number of nitro benzene ring substituents is 1. The summed E-state index contributed by atoms with van der Waals surface area (Å²) in [6.07, 6.45) is 0. The van der Waals surface area contributed by atoms with Crippen LogP contribution in [0, 0.1) is 17.0 Å². The maximum atomic E-state index is 12.4. The molecule has 0 fully saturated rings. The van der Waals surface area contributed by atoms with Crippen molar-refractivity contribution in [1.29, 1.82) is 0 Å². The Bertz CT molecular complexity index is 774. The average Bonchev–Trinajstić information content (AvgIpc) is 2.56. The predicted molar refractivity (Wildman–Crippen MR) is 89.9 cm³/mol. The van der Waals surface area contributed by atoms with E-state index in [1.54, 1.807) is 37.3 Å². The summed E-state index contributed by atoms with van der Waals surface area (Å²) < 4.78 is 10.6. The van der Waals surface area contributed by atoms with Crippen molar-refractivity contribution in [2.45, 2.75) is 13.8 Å². The molecule has 0 heterocycles. The van der Waals surface area contributed by atoms with Crippen LogP contribution < -0.4 is 14.8 Å². The van der Waals surface area contributed by atoms with Crippen LogP contribution in [-0.4, -0.2) is 24.5 Å². The second kappa shape index (κ2) is 7.45. The summed E-state index contributed by atoms with van der Waals surface area (Å²) in [6.45, 7) is 3.91. The third-order valence-corrected chi connectivity index (χ3v) is 3.39. The first-order valence-electron chi connectivity index (χ1n) is 7.33. The molecular weight excluding hydrogens is 312 g/mol. The third kappa shape index (κ3) is 3.81. The Morgan fingerprint density at radius 2 is 1.96 bits per heavy atom. The summed E-state index contributed by atoms with van der Waals surface area (Å²) in [6, 6.07) is 9.35. The average molecular weight is 330 g/mol. The highest BCUT2D eigenvalue weighted by atomic mass is 16.6. The quantitative estimate of drug-likeness (QED) is 0.646. The number of nitrogens with zero attached hydrogens (tertiary/aromatic N) is 1. The predicted octanol–water partition coefficient (Wildman–Crippen LogP) is 3.56. The number of nitrogens with one attached hydrogen (secondary N) is 1. The van der Waals surface area contributed by atoms with Gasteiger partial charge in [0, 0.05) is 22.9 Å². The molecule has 0 radical (unpaired) electrons. The number of aryl methyl sites for hydroxylation is 1. The van der Waals surface area contributed by atoms with Crippen LogP contribution in [0.25, 0.3) is 0 Å². The van der Waals surface area contributed by atoms with Crippen molar-refractivity contribution in [2.24, 2.45) is 0 Å². The monoisotopic (exact) mass is 330 g/mol. The highest BCUT2D eigenvalue weighted by molar-refractivity contribution is 6.04. The summed E-state index contributed by atoms with van der Waals surface area (Å²) in [7, 11) is 1.52. The van der Waals surface area contributed by atoms with Gasteiger partial charge in [0.1, 0.15) is 0 Å². The Labute approximate surface area is 139 Å². The lowest BCUT2D eigenvalue weighted by atomic mass is 10.1. The van der Waals surface area contributed by atoms with E-state index in [9.17, 15) is 14.9 Å². The molecule has 0 bridgehead atoms. The van der Waals surface area contributed by atoms with Crippen molar-refractivity contribution >= 4 is 17.3 Å². The standard InChI is InChI=1S/C17H18N2O5/c1-4-24-16-9-12(6-8-15(16)23-3)17(20)18-13-7-5-11(2)14(10-13)19(21)22/h5-10H,4H2,1-3H3,(H,18,20). The van der Waals surface area contributed by atoms with E-state index in [0.717, 1.165) is 0 Å². The highest BCUT2D eigenvalue weighted by Gasteiger charge is 2.15. The molecule has 1 amide bonds. The Kier molecular flexibility index (Phi) is 5.36. The third-order valence-electron chi connectivity index (χ3n) is 3.39. The Hall–Kier alpha value is -3.09. The minimum atomic E-state index is -0.481. The first kappa shape index (κ1) is 17.3. The van der Waals surface area contributed by atoms with Crippen molar-refractivity contribution in [1.82, 2.24) is 0 Å². The zero-order valence-corrected chi connectivity index (χ0v) is 13.7. The van der Waals surface area contributed by atoms with Crippen LogP contribution in [0.3, 0.4) is 0 Å². The fourth-order valence-electron chi connectivity index (χ4n) is 2.17. The van der Waals surface area contributed by atoms with E-state index < -0.39 is 10.8 Å². The molecule has 7 heteroatoms. The van der Waals surface area contributed by atoms with Gasteiger partial charge in [0.25, 0.3) is 11.6 Å². The zero-order chi connectivity index (χ0) is 17.7. The lowest BCUT2D eigenvalue weighted by Gasteiger charge is -2.11. The molecule has 0 saturated carbocycles. The van der Waals surface area contributed by atoms with Crippen LogP contribution >= 0.6 is 0 Å². The first-order valence-corrected chi connectivity index (χ1v) is 7.33. The molecule has 0 aromatic heterocycles. The van der Waals surface area contributed by atoms with E-state index >= 15 is 0 Å². The second-order valence-corrected chi connectivity index (χ2v) is 5.01. The van der Waals surface area contributed by atoms with Crippen LogP contribution in [0.15, 0.2) is 36.4 Å². The molecule has 126 valence electrons. The van der Waals surface area contributed by atoms with Crippen molar-refractivity contribution in [3.63, 3.8) is 0 Å². The van der Waals surface area contributed by atoms with Crippen molar-refractivity contribution in [3.05, 3.63) is 57.6 Å². The lowest BCUT2D eigenvalue weighted by Crippen LogP contribution is -2.12. The van der Waals surface area contributed by atoms with Crippen LogP contribution in [0.4, 0.5) is 11.4 Å². The van der Waals surface area contributed by atoms with E-state index in [0.29, 0.717) is 34.9 Å². The highest BCUT2D eigenvalue weighted by Crippen LogP contribution is 2.29. The molecule has 0 spiro atoms. The minimum absolute atomic E-state index is 0.0439. The van der Waals surface area contributed by atoms with Gasteiger partial charge in [-0.15, -0.1) is 0 Å². The van der Waals surface area contributed by atoms with Gasteiger partial charge < -0.3 is 14.8 Å². The molecular formula is C17H18N2O5. The van der Waals surface area contributed by atoms with Crippen LogP contribution in [-0.2, 0) is 0 Å². The van der Waals surface area contributed by atoms with Crippen molar-refractivity contribution in [2.75, 3.05) is 19.0 Å². The van der Waals surface area contributed by atoms with Gasteiger partial charge in [-0.05, 0) is 38.1 Å². The van der Waals surface area contributed by atoms with E-state index in [4.69, 9.17) is 9.47 Å². The summed E-state index contributed by atoms with van der Waals surface area (Å²) in [4.78, 5) is 22.9. The number of methoxy groups -OCH3 is 1. The Balaban J connectivity index is 2.25. The number of hydrogen-bond acceptors (Lipinski definition) is 5. The van der Waals surface area contributed by atoms with Crippen molar-refractivity contribution < 1.29 is 19.2 Å². The van der Waals surface area contributed by atoms with Gasteiger partial charge in [0.05, 0.1) is 18.6 Å². The number of benzene rings is 2. The molecule has 0 atom stereocenters. The number of carbonyl (C=O) groups excluding carboxylic acids is 1. The van der Waals surface area contributed by atoms with Crippen LogP contribution in [0.1, 0.15) is 22.8 Å². The number of rotatable bonds is 6. The van der Waals surface area contributed by atoms with Gasteiger partial charge >= 0.3 is 0 Å². The van der Waals surface area contributed by atoms with E-state index in [2.05, 4.69) is 5.32 Å². The lowest BCUT2D eigenvalue weighted by molar-refractivity contribution is -0.385. The maximum absolute atomic E-state index is 12.4. The number of amides is 1. The molecule has 0 aliphatic heterocycles. The number of ether oxygens (including phenoxy) is 2. The van der Waals surface area contributed by atoms with Gasteiger partial charge in [-0.1, -0.05) is 6.07 Å². The molecule has 2 aromatic carbocycles. The van der Waals surface area contributed by atoms with Crippen LogP contribution in [0.2, 0.25) is 0 Å². The Morgan fingerprint density at radius 1 is 1.21 bits per heavy atom. The second-order valence-electron chi connectivity index (χ2n) is 5.01. The fourth-order valence-corrected chi connectivity index (χ4v) is 2.17. The number of carbonyl (C=O) groups is 1. The summed E-state index contributed by atoms with van der Waals surface area (Å²) in [5, 5.41) is 13.6. The molecule has 2 rings (SSSR count). The summed E-state index contributed by atoms with van der Waals surface area (Å²) in [5.74, 6) is 0.596. The van der Waals surface area contributed by atoms with E-state index in [1.807, 2.05) is 6.92 Å². The van der Waals surface area contributed by atoms with Gasteiger partial charge in [-0.25, -0.2) is 0 Å². The first-order chi connectivity index (χ1) is 11.5. The maximum Gasteiger partial charge on any atom is 0.274 e.